The van der Waals surface area contributed by atoms with Gasteiger partial charge in [0.1, 0.15) is 9.98 Å². The van der Waals surface area contributed by atoms with Crippen LogP contribution in [0.4, 0.5) is 4.39 Å². The van der Waals surface area contributed by atoms with E-state index in [-0.39, 0.29) is 16.4 Å². The van der Waals surface area contributed by atoms with Gasteiger partial charge in [0.25, 0.3) is 0 Å². The molecule has 0 saturated carbocycles. The molecule has 18 heavy (non-hydrogen) atoms. The van der Waals surface area contributed by atoms with E-state index in [4.69, 9.17) is 23.2 Å². The molecule has 0 unspecified atom stereocenters. The first-order valence-corrected chi connectivity index (χ1v) is 6.65. The molecule has 0 atom stereocenters. The Hall–Kier alpha value is -1.23. The molecule has 2 nitrogen and oxygen atoms in total. The highest BCUT2D eigenvalue weighted by Gasteiger charge is 2.14. The average molecular weight is 299 g/mol. The van der Waals surface area contributed by atoms with Gasteiger partial charge in [-0.3, -0.25) is 0 Å². The number of rotatable bonds is 1. The molecule has 0 aliphatic rings. The van der Waals surface area contributed by atoms with Crippen LogP contribution in [-0.2, 0) is 0 Å². The van der Waals surface area contributed by atoms with Gasteiger partial charge in [0.15, 0.2) is 11.6 Å². The van der Waals surface area contributed by atoms with Crippen molar-refractivity contribution in [2.75, 3.05) is 0 Å². The Bertz CT molecular complexity index is 742. The molecule has 0 amide bonds. The Morgan fingerprint density at radius 2 is 1.94 bits per heavy atom. The van der Waals surface area contributed by atoms with E-state index in [1.165, 1.54) is 17.4 Å². The molecule has 0 radical (unpaired) electrons. The van der Waals surface area contributed by atoms with Crippen molar-refractivity contribution in [3.05, 3.63) is 45.6 Å². The van der Waals surface area contributed by atoms with Gasteiger partial charge in [0, 0.05) is 5.39 Å². The summed E-state index contributed by atoms with van der Waals surface area (Å²) in [4.78, 5) is 9.13. The number of halogens is 3. The van der Waals surface area contributed by atoms with Crippen LogP contribution in [0, 0.1) is 5.82 Å². The van der Waals surface area contributed by atoms with Gasteiger partial charge in [-0.2, -0.15) is 0 Å². The number of fused-ring (bicyclic) bond motifs is 1. The minimum absolute atomic E-state index is 0.0403. The third-order valence-corrected chi connectivity index (χ3v) is 3.86. The lowest BCUT2D eigenvalue weighted by Crippen LogP contribution is -1.93. The van der Waals surface area contributed by atoms with E-state index in [1.807, 2.05) is 11.4 Å². The van der Waals surface area contributed by atoms with Gasteiger partial charge in [0.2, 0.25) is 0 Å². The molecule has 6 heteroatoms. The van der Waals surface area contributed by atoms with Crippen molar-refractivity contribution in [1.29, 1.82) is 0 Å². The predicted octanol–water partition coefficient (Wildman–Crippen LogP) is 4.80. The molecule has 3 aromatic rings. The summed E-state index contributed by atoms with van der Waals surface area (Å²) < 4.78 is 13.9. The summed E-state index contributed by atoms with van der Waals surface area (Å²) in [5.74, 6) is -0.291. The Kier molecular flexibility index (Phi) is 2.93. The summed E-state index contributed by atoms with van der Waals surface area (Å²) in [5, 5.41) is 2.99. The number of hydrogen-bond donors (Lipinski definition) is 0. The second-order valence-corrected chi connectivity index (χ2v) is 5.24. The summed E-state index contributed by atoms with van der Waals surface area (Å²) in [6.07, 6.45) is 0. The Morgan fingerprint density at radius 3 is 2.78 bits per heavy atom. The molecule has 2 heterocycles. The lowest BCUT2D eigenvalue weighted by molar-refractivity contribution is 0.630. The summed E-state index contributed by atoms with van der Waals surface area (Å²) >= 11 is 13.2. The van der Waals surface area contributed by atoms with E-state index in [0.29, 0.717) is 5.15 Å². The SMILES string of the molecule is Fc1c(Cl)cccc1-c1nc(Cl)c2ccsc2n1. The van der Waals surface area contributed by atoms with Crippen LogP contribution >= 0.6 is 34.5 Å². The first kappa shape index (κ1) is 11.8. The highest BCUT2D eigenvalue weighted by Crippen LogP contribution is 2.30. The molecule has 0 spiro atoms. The van der Waals surface area contributed by atoms with Crippen LogP contribution in [-0.4, -0.2) is 9.97 Å². The Balaban J connectivity index is 2.28. The second kappa shape index (κ2) is 4.46. The minimum Gasteiger partial charge on any atom is -0.217 e. The number of thiophene rings is 1. The zero-order chi connectivity index (χ0) is 12.7. The number of nitrogens with zero attached hydrogens (tertiary/aromatic N) is 2. The lowest BCUT2D eigenvalue weighted by atomic mass is 10.2. The molecule has 0 fully saturated rings. The molecule has 2 aromatic heterocycles. The third-order valence-electron chi connectivity index (χ3n) is 2.47. The molecule has 0 aliphatic heterocycles. The van der Waals surface area contributed by atoms with Crippen molar-refractivity contribution in [2.45, 2.75) is 0 Å². The highest BCUT2D eigenvalue weighted by molar-refractivity contribution is 7.16. The van der Waals surface area contributed by atoms with Gasteiger partial charge >= 0.3 is 0 Å². The van der Waals surface area contributed by atoms with Crippen LogP contribution in [0.3, 0.4) is 0 Å². The zero-order valence-electron chi connectivity index (χ0n) is 8.82. The number of hydrogen-bond acceptors (Lipinski definition) is 3. The number of aromatic nitrogens is 2. The maximum atomic E-state index is 13.9. The van der Waals surface area contributed by atoms with Crippen molar-refractivity contribution in [3.8, 4) is 11.4 Å². The first-order valence-electron chi connectivity index (χ1n) is 5.02. The topological polar surface area (TPSA) is 25.8 Å². The molecule has 90 valence electrons. The van der Waals surface area contributed by atoms with Crippen molar-refractivity contribution in [2.24, 2.45) is 0 Å². The molecule has 3 rings (SSSR count). The summed E-state index contributed by atoms with van der Waals surface area (Å²) in [5.41, 5.74) is 0.250. The van der Waals surface area contributed by atoms with Crippen LogP contribution < -0.4 is 0 Å². The summed E-state index contributed by atoms with van der Waals surface area (Å²) in [6, 6.07) is 6.54. The van der Waals surface area contributed by atoms with Crippen LogP contribution in [0.25, 0.3) is 21.6 Å². The van der Waals surface area contributed by atoms with Crippen molar-refractivity contribution in [3.63, 3.8) is 0 Å². The summed E-state index contributed by atoms with van der Waals surface area (Å²) in [7, 11) is 0. The van der Waals surface area contributed by atoms with Crippen molar-refractivity contribution < 1.29 is 4.39 Å². The standard InChI is InChI=1S/C12H5Cl2FN2S/c13-8-3-1-2-6(9(8)15)11-16-10(14)7-4-5-18-12(7)17-11/h1-5H. The fourth-order valence-electron chi connectivity index (χ4n) is 1.62. The predicted molar refractivity (Wildman–Crippen MR) is 72.8 cm³/mol. The van der Waals surface area contributed by atoms with Crippen LogP contribution in [0.5, 0.6) is 0 Å². The van der Waals surface area contributed by atoms with Gasteiger partial charge in [-0.25, -0.2) is 14.4 Å². The van der Waals surface area contributed by atoms with Crippen molar-refractivity contribution in [1.82, 2.24) is 9.97 Å². The number of benzene rings is 1. The fraction of sp³-hybridized carbons (Fsp3) is 0. The Morgan fingerprint density at radius 1 is 1.11 bits per heavy atom. The average Bonchev–Trinajstić information content (AvgIpc) is 2.81. The lowest BCUT2D eigenvalue weighted by Gasteiger charge is -2.04. The molecule has 0 bridgehead atoms. The smallest absolute Gasteiger partial charge is 0.165 e. The van der Waals surface area contributed by atoms with Crippen LogP contribution in [0.15, 0.2) is 29.6 Å². The maximum Gasteiger partial charge on any atom is 0.165 e. The molecule has 1 aromatic carbocycles. The fourth-order valence-corrected chi connectivity index (χ4v) is 2.84. The maximum absolute atomic E-state index is 13.9. The van der Waals surface area contributed by atoms with Crippen LogP contribution in [0.2, 0.25) is 10.2 Å². The van der Waals surface area contributed by atoms with Crippen LogP contribution in [0.1, 0.15) is 0 Å². The van der Waals surface area contributed by atoms with E-state index in [9.17, 15) is 4.39 Å². The molecule has 0 aliphatic carbocycles. The Labute approximate surface area is 116 Å². The molecular formula is C12H5Cl2FN2S. The quantitative estimate of drug-likeness (QED) is 0.603. The van der Waals surface area contributed by atoms with Gasteiger partial charge in [-0.1, -0.05) is 29.3 Å². The van der Waals surface area contributed by atoms with E-state index in [0.717, 1.165) is 10.2 Å². The van der Waals surface area contributed by atoms with Gasteiger partial charge in [-0.05, 0) is 23.6 Å². The van der Waals surface area contributed by atoms with E-state index in [2.05, 4.69) is 9.97 Å². The van der Waals surface area contributed by atoms with Crippen molar-refractivity contribution >= 4 is 44.8 Å². The van der Waals surface area contributed by atoms with E-state index in [1.54, 1.807) is 12.1 Å². The van der Waals surface area contributed by atoms with Gasteiger partial charge in [0.05, 0.1) is 10.6 Å². The highest BCUT2D eigenvalue weighted by atomic mass is 35.5. The molecule has 0 N–H and O–H groups in total. The monoisotopic (exact) mass is 298 g/mol. The molecular weight excluding hydrogens is 294 g/mol. The largest absolute Gasteiger partial charge is 0.217 e. The normalized spacial score (nSPS) is 11.1. The van der Waals surface area contributed by atoms with Gasteiger partial charge in [-0.15, -0.1) is 11.3 Å². The minimum atomic E-state index is -0.536. The van der Waals surface area contributed by atoms with Gasteiger partial charge < -0.3 is 0 Å². The zero-order valence-corrected chi connectivity index (χ0v) is 11.2. The second-order valence-electron chi connectivity index (χ2n) is 3.58. The third kappa shape index (κ3) is 1.86. The molecule has 0 saturated heterocycles. The van der Waals surface area contributed by atoms with E-state index >= 15 is 0 Å². The van der Waals surface area contributed by atoms with E-state index < -0.39 is 5.82 Å². The first-order chi connectivity index (χ1) is 8.66. The summed E-state index contributed by atoms with van der Waals surface area (Å²) in [6.45, 7) is 0.